The number of rotatable bonds is 6. The van der Waals surface area contributed by atoms with Crippen molar-refractivity contribution < 1.29 is 0 Å². The maximum Gasteiger partial charge on any atom is 0.283 e. The van der Waals surface area contributed by atoms with Gasteiger partial charge in [-0.3, -0.25) is 4.79 Å². The smallest absolute Gasteiger partial charge is 0.283 e. The molecule has 0 atom stereocenters. The van der Waals surface area contributed by atoms with E-state index in [1.54, 1.807) is 17.0 Å². The zero-order valence-corrected chi connectivity index (χ0v) is 11.2. The molecule has 1 aromatic heterocycles. The lowest BCUT2D eigenvalue weighted by Gasteiger charge is -2.09. The van der Waals surface area contributed by atoms with Crippen LogP contribution in [-0.4, -0.2) is 21.2 Å². The number of thioether (sulfide) groups is 1. The summed E-state index contributed by atoms with van der Waals surface area (Å²) < 4.78 is 1.72. The molecule has 0 N–H and O–H groups in total. The van der Waals surface area contributed by atoms with Crippen molar-refractivity contribution in [3.63, 3.8) is 0 Å². The fourth-order valence-corrected chi connectivity index (χ4v) is 2.44. The standard InChI is InChI=1S/C11H17ClN2OS/c1-9(2)8-14-6-5-13-10(11(14)15)16-7-3-4-12/h5-6,9H,3-4,7-8H2,1-2H3. The van der Waals surface area contributed by atoms with Gasteiger partial charge >= 0.3 is 0 Å². The average molecular weight is 261 g/mol. The van der Waals surface area contributed by atoms with Crippen LogP contribution in [0.5, 0.6) is 0 Å². The van der Waals surface area contributed by atoms with E-state index in [1.807, 2.05) is 0 Å². The third kappa shape index (κ3) is 4.18. The molecule has 0 aromatic carbocycles. The van der Waals surface area contributed by atoms with E-state index >= 15 is 0 Å². The lowest BCUT2D eigenvalue weighted by Crippen LogP contribution is -2.24. The van der Waals surface area contributed by atoms with Crippen molar-refractivity contribution in [3.8, 4) is 0 Å². The normalized spacial score (nSPS) is 11.0. The third-order valence-corrected chi connectivity index (χ3v) is 3.27. The number of nitrogens with zero attached hydrogens (tertiary/aromatic N) is 2. The summed E-state index contributed by atoms with van der Waals surface area (Å²) in [6.07, 6.45) is 4.33. The molecular weight excluding hydrogens is 244 g/mol. The maximum absolute atomic E-state index is 11.9. The predicted molar refractivity (Wildman–Crippen MR) is 69.4 cm³/mol. The van der Waals surface area contributed by atoms with Crippen molar-refractivity contribution in [2.75, 3.05) is 11.6 Å². The summed E-state index contributed by atoms with van der Waals surface area (Å²) >= 11 is 7.07. The van der Waals surface area contributed by atoms with Crippen LogP contribution in [0.25, 0.3) is 0 Å². The molecule has 90 valence electrons. The van der Waals surface area contributed by atoms with E-state index in [0.29, 0.717) is 16.8 Å². The number of halogens is 1. The summed E-state index contributed by atoms with van der Waals surface area (Å²) in [6.45, 7) is 4.92. The summed E-state index contributed by atoms with van der Waals surface area (Å²) in [5.74, 6) is 1.93. The molecule has 3 nitrogen and oxygen atoms in total. The molecule has 0 aliphatic rings. The first kappa shape index (κ1) is 13.6. The van der Waals surface area contributed by atoms with Gasteiger partial charge in [0.05, 0.1) is 0 Å². The van der Waals surface area contributed by atoms with Gasteiger partial charge in [-0.1, -0.05) is 13.8 Å². The quantitative estimate of drug-likeness (QED) is 0.448. The molecule has 5 heteroatoms. The topological polar surface area (TPSA) is 34.9 Å². The molecule has 0 saturated carbocycles. The second-order valence-corrected chi connectivity index (χ2v) is 5.44. The van der Waals surface area contributed by atoms with Gasteiger partial charge in [0, 0.05) is 30.6 Å². The number of aromatic nitrogens is 2. The highest BCUT2D eigenvalue weighted by Gasteiger charge is 2.06. The summed E-state index contributed by atoms with van der Waals surface area (Å²) in [7, 11) is 0. The monoisotopic (exact) mass is 260 g/mol. The number of alkyl halides is 1. The fourth-order valence-electron chi connectivity index (χ4n) is 1.29. The molecular formula is C11H17ClN2OS. The van der Waals surface area contributed by atoms with Gasteiger partial charge < -0.3 is 4.57 Å². The second kappa shape index (κ2) is 6.97. The Kier molecular flexibility index (Phi) is 5.91. The largest absolute Gasteiger partial charge is 0.311 e. The molecule has 0 fully saturated rings. The van der Waals surface area contributed by atoms with Gasteiger partial charge in [-0.2, -0.15) is 0 Å². The molecule has 1 heterocycles. The van der Waals surface area contributed by atoms with Crippen LogP contribution in [0.4, 0.5) is 0 Å². The van der Waals surface area contributed by atoms with Crippen LogP contribution in [0.2, 0.25) is 0 Å². The Balaban J connectivity index is 2.74. The Morgan fingerprint density at radius 1 is 1.56 bits per heavy atom. The van der Waals surface area contributed by atoms with Crippen LogP contribution in [0.3, 0.4) is 0 Å². The van der Waals surface area contributed by atoms with E-state index < -0.39 is 0 Å². The van der Waals surface area contributed by atoms with Crippen molar-refractivity contribution in [2.24, 2.45) is 5.92 Å². The second-order valence-electron chi connectivity index (χ2n) is 3.97. The molecule has 0 amide bonds. The lowest BCUT2D eigenvalue weighted by atomic mass is 10.2. The van der Waals surface area contributed by atoms with Crippen molar-refractivity contribution in [2.45, 2.75) is 31.8 Å². The van der Waals surface area contributed by atoms with E-state index in [2.05, 4.69) is 18.8 Å². The van der Waals surface area contributed by atoms with Gasteiger partial charge in [0.1, 0.15) is 0 Å². The van der Waals surface area contributed by atoms with E-state index in [9.17, 15) is 4.79 Å². The summed E-state index contributed by atoms with van der Waals surface area (Å²) in [5, 5.41) is 0.577. The molecule has 0 radical (unpaired) electrons. The predicted octanol–water partition coefficient (Wildman–Crippen LogP) is 2.62. The minimum atomic E-state index is 0.00997. The Labute approximate surface area is 105 Å². The third-order valence-electron chi connectivity index (χ3n) is 1.96. The van der Waals surface area contributed by atoms with E-state index in [0.717, 1.165) is 18.7 Å². The van der Waals surface area contributed by atoms with Gasteiger partial charge in [-0.05, 0) is 12.3 Å². The van der Waals surface area contributed by atoms with Crippen LogP contribution >= 0.6 is 23.4 Å². The molecule has 1 rings (SSSR count). The Bertz CT molecular complexity index is 378. The van der Waals surface area contributed by atoms with Gasteiger partial charge in [0.2, 0.25) is 0 Å². The molecule has 0 bridgehead atoms. The summed E-state index contributed by atoms with van der Waals surface area (Å²) in [5.41, 5.74) is 0.00997. The van der Waals surface area contributed by atoms with Crippen molar-refractivity contribution in [1.29, 1.82) is 0 Å². The first-order chi connectivity index (χ1) is 7.65. The van der Waals surface area contributed by atoms with E-state index in [-0.39, 0.29) is 5.56 Å². The van der Waals surface area contributed by atoms with Crippen molar-refractivity contribution in [1.82, 2.24) is 9.55 Å². The highest BCUT2D eigenvalue weighted by molar-refractivity contribution is 7.99. The molecule has 16 heavy (non-hydrogen) atoms. The summed E-state index contributed by atoms with van der Waals surface area (Å²) in [4.78, 5) is 16.0. The fraction of sp³-hybridized carbons (Fsp3) is 0.636. The number of hydrogen-bond donors (Lipinski definition) is 0. The highest BCUT2D eigenvalue weighted by Crippen LogP contribution is 2.11. The minimum Gasteiger partial charge on any atom is -0.311 e. The Morgan fingerprint density at radius 2 is 2.31 bits per heavy atom. The molecule has 0 unspecified atom stereocenters. The molecule has 0 aliphatic heterocycles. The molecule has 1 aromatic rings. The van der Waals surface area contributed by atoms with Gasteiger partial charge in [-0.25, -0.2) is 4.98 Å². The Hall–Kier alpha value is -0.480. The van der Waals surface area contributed by atoms with Crippen LogP contribution in [0.15, 0.2) is 22.2 Å². The Morgan fingerprint density at radius 3 is 2.94 bits per heavy atom. The first-order valence-corrected chi connectivity index (χ1v) is 6.91. The van der Waals surface area contributed by atoms with Crippen LogP contribution in [0.1, 0.15) is 20.3 Å². The summed E-state index contributed by atoms with van der Waals surface area (Å²) in [6, 6.07) is 0. The van der Waals surface area contributed by atoms with Crippen LogP contribution < -0.4 is 5.56 Å². The number of hydrogen-bond acceptors (Lipinski definition) is 3. The maximum atomic E-state index is 11.9. The van der Waals surface area contributed by atoms with E-state index in [4.69, 9.17) is 11.6 Å². The average Bonchev–Trinajstić information content (AvgIpc) is 2.23. The first-order valence-electron chi connectivity index (χ1n) is 5.39. The van der Waals surface area contributed by atoms with Crippen molar-refractivity contribution >= 4 is 23.4 Å². The zero-order chi connectivity index (χ0) is 12.0. The van der Waals surface area contributed by atoms with E-state index in [1.165, 1.54) is 11.8 Å². The molecule has 0 aliphatic carbocycles. The van der Waals surface area contributed by atoms with Gasteiger partial charge in [-0.15, -0.1) is 23.4 Å². The molecule has 0 saturated heterocycles. The minimum absolute atomic E-state index is 0.00997. The van der Waals surface area contributed by atoms with Crippen LogP contribution in [-0.2, 0) is 6.54 Å². The van der Waals surface area contributed by atoms with Gasteiger partial charge in [0.25, 0.3) is 5.56 Å². The van der Waals surface area contributed by atoms with Crippen LogP contribution in [0, 0.1) is 5.92 Å². The molecule has 0 spiro atoms. The van der Waals surface area contributed by atoms with Crippen molar-refractivity contribution in [3.05, 3.63) is 22.7 Å². The zero-order valence-electron chi connectivity index (χ0n) is 9.65. The van der Waals surface area contributed by atoms with Gasteiger partial charge in [0.15, 0.2) is 5.03 Å². The lowest BCUT2D eigenvalue weighted by molar-refractivity contribution is 0.502. The SMILES string of the molecule is CC(C)Cn1ccnc(SCCCCl)c1=O. The highest BCUT2D eigenvalue weighted by atomic mass is 35.5.